The third kappa shape index (κ3) is 4.50. The number of nitrogens with zero attached hydrogens (tertiary/aromatic N) is 1. The summed E-state index contributed by atoms with van der Waals surface area (Å²) in [6.07, 6.45) is 2.16. The predicted molar refractivity (Wildman–Crippen MR) is 80.4 cm³/mol. The molecule has 0 saturated carbocycles. The molecule has 1 rings (SSSR count). The van der Waals surface area contributed by atoms with Crippen LogP contribution in [-0.2, 0) is 6.54 Å². The third-order valence-electron chi connectivity index (χ3n) is 3.57. The standard InChI is InChI=1S/C16H27FN2/c1-5-13(6-2)19(10-12(3)4)11-14-15(17)8-7-9-16(14)18/h7-9,12-13H,5-6,10-11,18H2,1-4H3. The van der Waals surface area contributed by atoms with Crippen LogP contribution in [-0.4, -0.2) is 17.5 Å². The number of anilines is 1. The molecule has 0 aliphatic carbocycles. The highest BCUT2D eigenvalue weighted by atomic mass is 19.1. The zero-order valence-corrected chi connectivity index (χ0v) is 12.6. The van der Waals surface area contributed by atoms with Crippen LogP contribution in [0, 0.1) is 11.7 Å². The molecule has 1 aromatic carbocycles. The average Bonchev–Trinajstić information content (AvgIpc) is 2.34. The fourth-order valence-electron chi connectivity index (χ4n) is 2.56. The third-order valence-corrected chi connectivity index (χ3v) is 3.57. The molecule has 19 heavy (non-hydrogen) atoms. The Morgan fingerprint density at radius 3 is 2.32 bits per heavy atom. The van der Waals surface area contributed by atoms with Crippen LogP contribution in [0.2, 0.25) is 0 Å². The van der Waals surface area contributed by atoms with Gasteiger partial charge < -0.3 is 5.73 Å². The molecule has 0 bridgehead atoms. The molecular weight excluding hydrogens is 239 g/mol. The predicted octanol–water partition coefficient (Wildman–Crippen LogP) is 4.05. The molecule has 2 nitrogen and oxygen atoms in total. The molecule has 0 unspecified atom stereocenters. The number of nitrogens with two attached hydrogens (primary N) is 1. The van der Waals surface area contributed by atoms with Crippen molar-refractivity contribution in [2.45, 2.75) is 53.1 Å². The van der Waals surface area contributed by atoms with E-state index in [0.29, 0.717) is 29.8 Å². The van der Waals surface area contributed by atoms with E-state index in [-0.39, 0.29) is 5.82 Å². The lowest BCUT2D eigenvalue weighted by atomic mass is 10.0. The van der Waals surface area contributed by atoms with Gasteiger partial charge in [-0.2, -0.15) is 0 Å². The summed E-state index contributed by atoms with van der Waals surface area (Å²) in [6, 6.07) is 5.42. The normalized spacial score (nSPS) is 11.8. The van der Waals surface area contributed by atoms with Crippen LogP contribution in [0.15, 0.2) is 18.2 Å². The van der Waals surface area contributed by atoms with Crippen molar-refractivity contribution >= 4 is 5.69 Å². The maximum Gasteiger partial charge on any atom is 0.129 e. The van der Waals surface area contributed by atoms with Gasteiger partial charge >= 0.3 is 0 Å². The van der Waals surface area contributed by atoms with E-state index in [1.807, 2.05) is 0 Å². The number of hydrogen-bond acceptors (Lipinski definition) is 2. The minimum atomic E-state index is -0.195. The van der Waals surface area contributed by atoms with E-state index >= 15 is 0 Å². The highest BCUT2D eigenvalue weighted by molar-refractivity contribution is 5.47. The summed E-state index contributed by atoms with van der Waals surface area (Å²) in [6.45, 7) is 10.3. The molecule has 1 aromatic rings. The largest absolute Gasteiger partial charge is 0.398 e. The van der Waals surface area contributed by atoms with Gasteiger partial charge in [-0.25, -0.2) is 4.39 Å². The van der Waals surface area contributed by atoms with Crippen molar-refractivity contribution in [3.8, 4) is 0 Å². The minimum absolute atomic E-state index is 0.195. The van der Waals surface area contributed by atoms with Gasteiger partial charge in [-0.3, -0.25) is 4.90 Å². The second-order valence-corrected chi connectivity index (χ2v) is 5.60. The van der Waals surface area contributed by atoms with Gasteiger partial charge in [0.05, 0.1) is 0 Å². The molecule has 0 saturated heterocycles. The maximum absolute atomic E-state index is 13.9. The lowest BCUT2D eigenvalue weighted by Crippen LogP contribution is -2.37. The molecule has 0 aliphatic rings. The molecule has 0 atom stereocenters. The van der Waals surface area contributed by atoms with Crippen LogP contribution >= 0.6 is 0 Å². The lowest BCUT2D eigenvalue weighted by molar-refractivity contribution is 0.156. The van der Waals surface area contributed by atoms with Crippen molar-refractivity contribution in [2.75, 3.05) is 12.3 Å². The smallest absolute Gasteiger partial charge is 0.129 e. The molecular formula is C16H27FN2. The number of halogens is 1. The van der Waals surface area contributed by atoms with Crippen LogP contribution in [0.25, 0.3) is 0 Å². The van der Waals surface area contributed by atoms with E-state index in [9.17, 15) is 4.39 Å². The molecule has 0 fully saturated rings. The van der Waals surface area contributed by atoms with E-state index in [4.69, 9.17) is 5.73 Å². The summed E-state index contributed by atoms with van der Waals surface area (Å²) in [5, 5.41) is 0. The van der Waals surface area contributed by atoms with Gasteiger partial charge in [0.25, 0.3) is 0 Å². The monoisotopic (exact) mass is 266 g/mol. The van der Waals surface area contributed by atoms with Crippen molar-refractivity contribution in [3.05, 3.63) is 29.6 Å². The Bertz CT molecular complexity index is 366. The van der Waals surface area contributed by atoms with Gasteiger partial charge in [0.15, 0.2) is 0 Å². The summed E-state index contributed by atoms with van der Waals surface area (Å²) in [5.74, 6) is 0.369. The van der Waals surface area contributed by atoms with Crippen LogP contribution in [0.3, 0.4) is 0 Å². The van der Waals surface area contributed by atoms with Crippen LogP contribution in [0.5, 0.6) is 0 Å². The van der Waals surface area contributed by atoms with Gasteiger partial charge in [-0.1, -0.05) is 33.8 Å². The molecule has 0 aliphatic heterocycles. The first-order valence-electron chi connectivity index (χ1n) is 7.26. The van der Waals surface area contributed by atoms with Crippen LogP contribution in [0.1, 0.15) is 46.1 Å². The van der Waals surface area contributed by atoms with E-state index in [1.165, 1.54) is 6.07 Å². The topological polar surface area (TPSA) is 29.3 Å². The van der Waals surface area contributed by atoms with Crippen molar-refractivity contribution in [1.82, 2.24) is 4.90 Å². The van der Waals surface area contributed by atoms with Crippen LogP contribution in [0.4, 0.5) is 10.1 Å². The first kappa shape index (κ1) is 16.0. The zero-order chi connectivity index (χ0) is 14.4. The molecule has 0 amide bonds. The lowest BCUT2D eigenvalue weighted by Gasteiger charge is -2.32. The highest BCUT2D eigenvalue weighted by Gasteiger charge is 2.19. The summed E-state index contributed by atoms with van der Waals surface area (Å²) in [5.41, 5.74) is 7.11. The summed E-state index contributed by atoms with van der Waals surface area (Å²) in [7, 11) is 0. The van der Waals surface area contributed by atoms with Crippen molar-refractivity contribution in [1.29, 1.82) is 0 Å². The van der Waals surface area contributed by atoms with E-state index in [1.54, 1.807) is 12.1 Å². The zero-order valence-electron chi connectivity index (χ0n) is 12.6. The second-order valence-electron chi connectivity index (χ2n) is 5.60. The maximum atomic E-state index is 13.9. The first-order chi connectivity index (χ1) is 8.99. The Hall–Kier alpha value is -1.09. The van der Waals surface area contributed by atoms with E-state index in [0.717, 1.165) is 19.4 Å². The fraction of sp³-hybridized carbons (Fsp3) is 0.625. The second kappa shape index (κ2) is 7.49. The number of nitrogen functional groups attached to an aromatic ring is 1. The van der Waals surface area contributed by atoms with Gasteiger partial charge in [0.1, 0.15) is 5.82 Å². The first-order valence-corrected chi connectivity index (χ1v) is 7.26. The summed E-state index contributed by atoms with van der Waals surface area (Å²) < 4.78 is 13.9. The number of hydrogen-bond donors (Lipinski definition) is 1. The van der Waals surface area contributed by atoms with Crippen LogP contribution < -0.4 is 5.73 Å². The van der Waals surface area contributed by atoms with Crippen molar-refractivity contribution < 1.29 is 4.39 Å². The molecule has 3 heteroatoms. The Kier molecular flexibility index (Phi) is 6.29. The quantitative estimate of drug-likeness (QED) is 0.754. The van der Waals surface area contributed by atoms with Gasteiger partial charge in [0.2, 0.25) is 0 Å². The molecule has 108 valence electrons. The summed E-state index contributed by atoms with van der Waals surface area (Å²) >= 11 is 0. The van der Waals surface area contributed by atoms with E-state index < -0.39 is 0 Å². The number of rotatable bonds is 7. The Balaban J connectivity index is 2.93. The Morgan fingerprint density at radius 2 is 1.84 bits per heavy atom. The van der Waals surface area contributed by atoms with Gasteiger partial charge in [0, 0.05) is 30.4 Å². The summed E-state index contributed by atoms with van der Waals surface area (Å²) in [4.78, 5) is 2.36. The molecule has 0 aromatic heterocycles. The van der Waals surface area contributed by atoms with Crippen molar-refractivity contribution in [3.63, 3.8) is 0 Å². The molecule has 0 spiro atoms. The SMILES string of the molecule is CCC(CC)N(Cc1c(N)cccc1F)CC(C)C. The molecule has 0 heterocycles. The Labute approximate surface area is 116 Å². The van der Waals surface area contributed by atoms with Gasteiger partial charge in [-0.05, 0) is 30.9 Å². The Morgan fingerprint density at radius 1 is 1.21 bits per heavy atom. The van der Waals surface area contributed by atoms with E-state index in [2.05, 4.69) is 32.6 Å². The van der Waals surface area contributed by atoms with Crippen molar-refractivity contribution in [2.24, 2.45) is 5.92 Å². The molecule has 2 N–H and O–H groups in total. The highest BCUT2D eigenvalue weighted by Crippen LogP contribution is 2.21. The minimum Gasteiger partial charge on any atom is -0.398 e. The average molecular weight is 266 g/mol. The number of benzene rings is 1. The fourth-order valence-corrected chi connectivity index (χ4v) is 2.56. The molecule has 0 radical (unpaired) electrons. The van der Waals surface area contributed by atoms with Gasteiger partial charge in [-0.15, -0.1) is 0 Å².